The first-order chi connectivity index (χ1) is 23.1. The quantitative estimate of drug-likeness (QED) is 0.185. The minimum Gasteiger partial charge on any atom is -0.309 e. The molecular formula is C42H30N4Si. The molecule has 3 aromatic heterocycles. The summed E-state index contributed by atoms with van der Waals surface area (Å²) in [5.41, 5.74) is 9.21. The van der Waals surface area contributed by atoms with E-state index in [2.05, 4.69) is 168 Å². The van der Waals surface area contributed by atoms with Crippen LogP contribution in [-0.4, -0.2) is 27.2 Å². The fourth-order valence-corrected chi connectivity index (χ4v) is 11.2. The Bertz CT molecular complexity index is 2700. The molecule has 0 spiro atoms. The molecule has 10 rings (SSSR count). The molecule has 5 heteroatoms. The van der Waals surface area contributed by atoms with E-state index in [1.807, 2.05) is 0 Å². The van der Waals surface area contributed by atoms with Gasteiger partial charge in [-0.3, -0.25) is 4.57 Å². The van der Waals surface area contributed by atoms with Gasteiger partial charge in [0, 0.05) is 38.0 Å². The van der Waals surface area contributed by atoms with Gasteiger partial charge < -0.3 is 4.57 Å². The highest BCUT2D eigenvalue weighted by atomic mass is 28.3. The van der Waals surface area contributed by atoms with E-state index in [0.717, 1.165) is 34.1 Å². The Morgan fingerprint density at radius 2 is 1.15 bits per heavy atom. The van der Waals surface area contributed by atoms with Gasteiger partial charge in [0.15, 0.2) is 5.82 Å². The summed E-state index contributed by atoms with van der Waals surface area (Å²) in [4.78, 5) is 10.9. The molecular weight excluding hydrogens is 589 g/mol. The second kappa shape index (κ2) is 9.61. The van der Waals surface area contributed by atoms with Gasteiger partial charge in [-0.2, -0.15) is 0 Å². The van der Waals surface area contributed by atoms with Crippen LogP contribution >= 0.6 is 0 Å². The first kappa shape index (κ1) is 26.4. The van der Waals surface area contributed by atoms with Crippen molar-refractivity contribution in [1.82, 2.24) is 19.1 Å². The van der Waals surface area contributed by atoms with E-state index < -0.39 is 8.07 Å². The number of aromatic nitrogens is 4. The van der Waals surface area contributed by atoms with Crippen molar-refractivity contribution in [3.63, 3.8) is 0 Å². The Kier molecular flexibility index (Phi) is 5.41. The van der Waals surface area contributed by atoms with Crippen molar-refractivity contribution in [3.8, 4) is 34.2 Å². The SMILES string of the molecule is C[Si]1(C)c2ccccc2-c2nc(-c3ccccc3)nc(-n3c4ccccc4c4ccc5c(c6ccccc6n5-c5ccccc5)c43)c21. The second-order valence-corrected chi connectivity index (χ2v) is 17.3. The lowest BCUT2D eigenvalue weighted by molar-refractivity contribution is 1.06. The zero-order valence-electron chi connectivity index (χ0n) is 26.1. The molecule has 0 saturated carbocycles. The molecule has 1 aliphatic rings. The van der Waals surface area contributed by atoms with E-state index in [1.54, 1.807) is 0 Å². The van der Waals surface area contributed by atoms with Crippen molar-refractivity contribution < 1.29 is 0 Å². The summed E-state index contributed by atoms with van der Waals surface area (Å²) >= 11 is 0. The van der Waals surface area contributed by atoms with Gasteiger partial charge in [0.25, 0.3) is 0 Å². The van der Waals surface area contributed by atoms with E-state index in [0.29, 0.717) is 0 Å². The molecule has 4 nitrogen and oxygen atoms in total. The summed E-state index contributed by atoms with van der Waals surface area (Å²) in [6, 6.07) is 52.2. The van der Waals surface area contributed by atoms with Gasteiger partial charge in [0.2, 0.25) is 0 Å². The lowest BCUT2D eigenvalue weighted by Crippen LogP contribution is -2.51. The molecule has 6 aromatic carbocycles. The Balaban J connectivity index is 1.43. The molecule has 222 valence electrons. The van der Waals surface area contributed by atoms with Crippen LogP contribution in [0.2, 0.25) is 13.1 Å². The zero-order valence-corrected chi connectivity index (χ0v) is 27.1. The standard InChI is InChI=1S/C42H30N4Si/c1-47(2)36-24-14-11-21-32(36)38-40(47)42(44-41(43-38)27-15-5-3-6-16-27)46-33-22-12-9-19-29(33)30-25-26-35-37(39(30)46)31-20-10-13-23-34(31)45(35)28-17-7-4-8-18-28/h3-26H,1-2H3. The molecule has 47 heavy (non-hydrogen) atoms. The number of rotatable bonds is 3. The summed E-state index contributed by atoms with van der Waals surface area (Å²) in [7, 11) is -2.20. The Labute approximate surface area is 273 Å². The molecule has 0 aliphatic carbocycles. The molecule has 0 N–H and O–H groups in total. The van der Waals surface area contributed by atoms with Crippen LogP contribution in [0.3, 0.4) is 0 Å². The van der Waals surface area contributed by atoms with Crippen LogP contribution in [0.25, 0.3) is 77.8 Å². The fourth-order valence-electron chi connectivity index (χ4n) is 8.05. The van der Waals surface area contributed by atoms with Gasteiger partial charge in [0.05, 0.1) is 27.8 Å². The molecule has 0 fully saturated rings. The Hall–Kier alpha value is -5.78. The van der Waals surface area contributed by atoms with E-state index in [-0.39, 0.29) is 0 Å². The zero-order chi connectivity index (χ0) is 31.3. The number of fused-ring (bicyclic) bond motifs is 10. The fraction of sp³-hybridized carbons (Fsp3) is 0.0476. The van der Waals surface area contributed by atoms with Crippen LogP contribution < -0.4 is 10.4 Å². The third-order valence-corrected chi connectivity index (χ3v) is 13.6. The molecule has 0 bridgehead atoms. The van der Waals surface area contributed by atoms with Crippen LogP contribution in [0.1, 0.15) is 0 Å². The topological polar surface area (TPSA) is 35.6 Å². The maximum absolute atomic E-state index is 5.57. The van der Waals surface area contributed by atoms with Crippen LogP contribution in [0, 0.1) is 0 Å². The average Bonchev–Trinajstić information content (AvgIpc) is 3.72. The van der Waals surface area contributed by atoms with Crippen LogP contribution in [0.5, 0.6) is 0 Å². The first-order valence-corrected chi connectivity index (χ1v) is 19.2. The van der Waals surface area contributed by atoms with E-state index in [9.17, 15) is 0 Å². The van der Waals surface area contributed by atoms with Gasteiger partial charge >= 0.3 is 0 Å². The summed E-state index contributed by atoms with van der Waals surface area (Å²) in [6.45, 7) is 4.91. The lowest BCUT2D eigenvalue weighted by atomic mass is 10.1. The lowest BCUT2D eigenvalue weighted by Gasteiger charge is -2.23. The second-order valence-electron chi connectivity index (χ2n) is 13.0. The number of hydrogen-bond acceptors (Lipinski definition) is 2. The van der Waals surface area contributed by atoms with Crippen molar-refractivity contribution in [3.05, 3.63) is 146 Å². The number of nitrogens with zero attached hydrogens (tertiary/aromatic N) is 4. The monoisotopic (exact) mass is 618 g/mol. The number of benzene rings is 6. The van der Waals surface area contributed by atoms with Crippen molar-refractivity contribution in [2.24, 2.45) is 0 Å². The smallest absolute Gasteiger partial charge is 0.162 e. The van der Waals surface area contributed by atoms with Gasteiger partial charge in [-0.1, -0.05) is 128 Å². The molecule has 4 heterocycles. The molecule has 1 aliphatic heterocycles. The summed E-state index contributed by atoms with van der Waals surface area (Å²) in [5.74, 6) is 1.75. The highest BCUT2D eigenvalue weighted by Gasteiger charge is 2.42. The summed E-state index contributed by atoms with van der Waals surface area (Å²) < 4.78 is 4.88. The molecule has 0 atom stereocenters. The minimum absolute atomic E-state index is 0.755. The molecule has 0 amide bonds. The molecule has 0 unspecified atom stereocenters. The normalized spacial score (nSPS) is 13.5. The molecule has 0 saturated heterocycles. The first-order valence-electron chi connectivity index (χ1n) is 16.2. The van der Waals surface area contributed by atoms with Crippen molar-refractivity contribution >= 4 is 62.1 Å². The van der Waals surface area contributed by atoms with Gasteiger partial charge in [0.1, 0.15) is 13.9 Å². The Morgan fingerprint density at radius 1 is 0.511 bits per heavy atom. The summed E-state index contributed by atoms with van der Waals surface area (Å²) in [6.07, 6.45) is 0. The highest BCUT2D eigenvalue weighted by molar-refractivity contribution is 7.04. The minimum atomic E-state index is -2.20. The van der Waals surface area contributed by atoms with Gasteiger partial charge in [-0.15, -0.1) is 0 Å². The van der Waals surface area contributed by atoms with Crippen LogP contribution in [-0.2, 0) is 0 Å². The van der Waals surface area contributed by atoms with E-state index in [1.165, 1.54) is 54.0 Å². The number of para-hydroxylation sites is 3. The molecule has 0 radical (unpaired) electrons. The van der Waals surface area contributed by atoms with E-state index >= 15 is 0 Å². The predicted molar refractivity (Wildman–Crippen MR) is 198 cm³/mol. The average molecular weight is 619 g/mol. The van der Waals surface area contributed by atoms with E-state index in [4.69, 9.17) is 9.97 Å². The third kappa shape index (κ3) is 3.57. The third-order valence-electron chi connectivity index (χ3n) is 10.1. The van der Waals surface area contributed by atoms with Crippen LogP contribution in [0.15, 0.2) is 146 Å². The van der Waals surface area contributed by atoms with Crippen molar-refractivity contribution in [2.45, 2.75) is 13.1 Å². The highest BCUT2D eigenvalue weighted by Crippen LogP contribution is 2.42. The Morgan fingerprint density at radius 3 is 1.94 bits per heavy atom. The predicted octanol–water partition coefficient (Wildman–Crippen LogP) is 9.14. The number of hydrogen-bond donors (Lipinski definition) is 0. The maximum atomic E-state index is 5.57. The van der Waals surface area contributed by atoms with Crippen LogP contribution in [0.4, 0.5) is 0 Å². The van der Waals surface area contributed by atoms with Crippen molar-refractivity contribution in [1.29, 1.82) is 0 Å². The maximum Gasteiger partial charge on any atom is 0.162 e. The van der Waals surface area contributed by atoms with Gasteiger partial charge in [-0.05, 0) is 41.1 Å². The van der Waals surface area contributed by atoms with Gasteiger partial charge in [-0.25, -0.2) is 9.97 Å². The molecule has 9 aromatic rings. The van der Waals surface area contributed by atoms with Crippen molar-refractivity contribution in [2.75, 3.05) is 0 Å². The largest absolute Gasteiger partial charge is 0.309 e. The summed E-state index contributed by atoms with van der Waals surface area (Å²) in [5, 5.41) is 7.64.